The van der Waals surface area contributed by atoms with Gasteiger partial charge in [-0.2, -0.15) is 0 Å². The molecule has 5 nitrogen and oxygen atoms in total. The van der Waals surface area contributed by atoms with E-state index in [4.69, 9.17) is 0 Å². The lowest BCUT2D eigenvalue weighted by Gasteiger charge is -2.20. The van der Waals surface area contributed by atoms with E-state index in [9.17, 15) is 14.0 Å². The van der Waals surface area contributed by atoms with Crippen LogP contribution in [0.2, 0.25) is 0 Å². The highest BCUT2D eigenvalue weighted by Gasteiger charge is 2.12. The van der Waals surface area contributed by atoms with E-state index in [-0.39, 0.29) is 24.1 Å². The highest BCUT2D eigenvalue weighted by atomic mass is 19.1. The number of aromatic amines is 1. The van der Waals surface area contributed by atoms with Crippen molar-refractivity contribution >= 4 is 22.7 Å². The number of para-hydroxylation sites is 1. The molecule has 0 atom stereocenters. The molecule has 2 amide bonds. The van der Waals surface area contributed by atoms with Gasteiger partial charge in [0.15, 0.2) is 0 Å². The van der Waals surface area contributed by atoms with E-state index < -0.39 is 0 Å². The zero-order chi connectivity index (χ0) is 19.9. The van der Waals surface area contributed by atoms with Crippen molar-refractivity contribution in [2.24, 2.45) is 0 Å². The van der Waals surface area contributed by atoms with Gasteiger partial charge >= 0.3 is 0 Å². The first kappa shape index (κ1) is 19.6. The normalized spacial score (nSPS) is 10.8. The topological polar surface area (TPSA) is 65.2 Å². The number of hydrogen-bond acceptors (Lipinski definition) is 2. The second-order valence-electron chi connectivity index (χ2n) is 6.77. The lowest BCUT2D eigenvalue weighted by atomic mass is 10.1. The number of hydrogen-bond donors (Lipinski definition) is 2. The van der Waals surface area contributed by atoms with Crippen LogP contribution in [-0.4, -0.2) is 34.8 Å². The number of fused-ring (bicyclic) bond motifs is 1. The molecule has 0 aliphatic rings. The maximum atomic E-state index is 12.9. The van der Waals surface area contributed by atoms with Gasteiger partial charge in [0.1, 0.15) is 5.82 Å². The lowest BCUT2D eigenvalue weighted by molar-refractivity contribution is -0.129. The molecule has 0 fully saturated rings. The molecule has 28 heavy (non-hydrogen) atoms. The Bertz CT molecular complexity index is 950. The standard InChI is InChI=1S/C22H24FN3O2/c1-16(27)26(12-10-18-15-24-21-5-3-2-4-20(18)21)13-11-22(28)25-14-17-6-8-19(23)9-7-17/h2-9,15,24H,10-14H2,1H3,(H,25,28). The fourth-order valence-corrected chi connectivity index (χ4v) is 3.15. The Morgan fingerprint density at radius 2 is 1.82 bits per heavy atom. The molecule has 2 N–H and O–H groups in total. The molecule has 0 saturated carbocycles. The number of aromatic nitrogens is 1. The monoisotopic (exact) mass is 381 g/mol. The van der Waals surface area contributed by atoms with Crippen molar-refractivity contribution in [1.82, 2.24) is 15.2 Å². The number of benzene rings is 2. The Hall–Kier alpha value is -3.15. The average molecular weight is 381 g/mol. The first-order valence-electron chi connectivity index (χ1n) is 9.34. The number of halogens is 1. The van der Waals surface area contributed by atoms with E-state index >= 15 is 0 Å². The van der Waals surface area contributed by atoms with Crippen molar-refractivity contribution in [2.75, 3.05) is 13.1 Å². The molecule has 146 valence electrons. The first-order chi connectivity index (χ1) is 13.5. The number of nitrogens with one attached hydrogen (secondary N) is 2. The van der Waals surface area contributed by atoms with Crippen LogP contribution in [0, 0.1) is 5.82 Å². The van der Waals surface area contributed by atoms with Gasteiger partial charge in [-0.25, -0.2) is 4.39 Å². The molecule has 0 unspecified atom stereocenters. The summed E-state index contributed by atoms with van der Waals surface area (Å²) in [5, 5.41) is 3.96. The van der Waals surface area contributed by atoms with Gasteiger partial charge in [0.2, 0.25) is 11.8 Å². The van der Waals surface area contributed by atoms with E-state index in [1.54, 1.807) is 17.0 Å². The lowest BCUT2D eigenvalue weighted by Crippen LogP contribution is -2.35. The van der Waals surface area contributed by atoms with Crippen LogP contribution in [0.1, 0.15) is 24.5 Å². The van der Waals surface area contributed by atoms with Crippen LogP contribution < -0.4 is 5.32 Å². The van der Waals surface area contributed by atoms with Gasteiger partial charge in [0, 0.05) is 50.1 Å². The molecule has 0 spiro atoms. The molecule has 2 aromatic carbocycles. The number of carbonyl (C=O) groups is 2. The van der Waals surface area contributed by atoms with Gasteiger partial charge in [-0.3, -0.25) is 9.59 Å². The number of amides is 2. The highest BCUT2D eigenvalue weighted by molar-refractivity contribution is 5.83. The van der Waals surface area contributed by atoms with Crippen molar-refractivity contribution in [3.8, 4) is 0 Å². The van der Waals surface area contributed by atoms with Crippen molar-refractivity contribution in [2.45, 2.75) is 26.3 Å². The van der Waals surface area contributed by atoms with E-state index in [0.29, 0.717) is 19.6 Å². The zero-order valence-corrected chi connectivity index (χ0v) is 15.9. The fraction of sp³-hybridized carbons (Fsp3) is 0.273. The zero-order valence-electron chi connectivity index (χ0n) is 15.9. The van der Waals surface area contributed by atoms with Gasteiger partial charge in [0.05, 0.1) is 0 Å². The fourth-order valence-electron chi connectivity index (χ4n) is 3.15. The molecule has 1 aromatic heterocycles. The van der Waals surface area contributed by atoms with E-state index in [0.717, 1.165) is 28.5 Å². The van der Waals surface area contributed by atoms with Crippen LogP contribution >= 0.6 is 0 Å². The molecular weight excluding hydrogens is 357 g/mol. The van der Waals surface area contributed by atoms with Crippen molar-refractivity contribution in [3.05, 3.63) is 71.7 Å². The number of carbonyl (C=O) groups excluding carboxylic acids is 2. The largest absolute Gasteiger partial charge is 0.361 e. The van der Waals surface area contributed by atoms with Crippen LogP contribution in [0.25, 0.3) is 10.9 Å². The summed E-state index contributed by atoms with van der Waals surface area (Å²) in [5.41, 5.74) is 3.06. The van der Waals surface area contributed by atoms with Crippen molar-refractivity contribution in [1.29, 1.82) is 0 Å². The third kappa shape index (κ3) is 5.19. The molecule has 3 rings (SSSR count). The van der Waals surface area contributed by atoms with E-state index in [1.807, 2.05) is 24.4 Å². The average Bonchev–Trinajstić information content (AvgIpc) is 3.10. The van der Waals surface area contributed by atoms with Gasteiger partial charge < -0.3 is 15.2 Å². The van der Waals surface area contributed by atoms with Crippen LogP contribution in [0.15, 0.2) is 54.7 Å². The smallest absolute Gasteiger partial charge is 0.222 e. The SMILES string of the molecule is CC(=O)N(CCC(=O)NCc1ccc(F)cc1)CCc1c[nH]c2ccccc12. The Morgan fingerprint density at radius 3 is 2.57 bits per heavy atom. The molecule has 0 radical (unpaired) electrons. The molecule has 0 bridgehead atoms. The Kier molecular flexibility index (Phi) is 6.42. The maximum Gasteiger partial charge on any atom is 0.222 e. The second-order valence-corrected chi connectivity index (χ2v) is 6.77. The minimum absolute atomic E-state index is 0.0498. The predicted octanol–water partition coefficient (Wildman–Crippen LogP) is 3.40. The molecule has 0 aliphatic heterocycles. The highest BCUT2D eigenvalue weighted by Crippen LogP contribution is 2.18. The minimum atomic E-state index is -0.303. The van der Waals surface area contributed by atoms with Gasteiger partial charge in [-0.15, -0.1) is 0 Å². The predicted molar refractivity (Wildman–Crippen MR) is 107 cm³/mol. The van der Waals surface area contributed by atoms with Crippen LogP contribution in [0.3, 0.4) is 0 Å². The molecule has 0 aliphatic carbocycles. The van der Waals surface area contributed by atoms with Gasteiger partial charge in [-0.1, -0.05) is 30.3 Å². The number of nitrogens with zero attached hydrogens (tertiary/aromatic N) is 1. The van der Waals surface area contributed by atoms with Crippen LogP contribution in [0.4, 0.5) is 4.39 Å². The molecule has 0 saturated heterocycles. The first-order valence-corrected chi connectivity index (χ1v) is 9.34. The second kappa shape index (κ2) is 9.17. The number of rotatable bonds is 8. The third-order valence-corrected chi connectivity index (χ3v) is 4.78. The van der Waals surface area contributed by atoms with Gasteiger partial charge in [0.25, 0.3) is 0 Å². The molecule has 1 heterocycles. The molecule has 6 heteroatoms. The molecular formula is C22H24FN3O2. The Morgan fingerprint density at radius 1 is 1.07 bits per heavy atom. The van der Waals surface area contributed by atoms with Crippen LogP contribution in [-0.2, 0) is 22.6 Å². The third-order valence-electron chi connectivity index (χ3n) is 4.78. The van der Waals surface area contributed by atoms with Gasteiger partial charge in [-0.05, 0) is 35.7 Å². The maximum absolute atomic E-state index is 12.9. The summed E-state index contributed by atoms with van der Waals surface area (Å²) in [5.74, 6) is -0.490. The summed E-state index contributed by atoms with van der Waals surface area (Å²) in [4.78, 5) is 29.0. The summed E-state index contributed by atoms with van der Waals surface area (Å²) in [6, 6.07) is 14.1. The minimum Gasteiger partial charge on any atom is -0.361 e. The summed E-state index contributed by atoms with van der Waals surface area (Å²) in [7, 11) is 0. The molecule has 3 aromatic rings. The van der Waals surface area contributed by atoms with E-state index in [1.165, 1.54) is 19.1 Å². The summed E-state index contributed by atoms with van der Waals surface area (Å²) >= 11 is 0. The van der Waals surface area contributed by atoms with Crippen molar-refractivity contribution < 1.29 is 14.0 Å². The number of H-pyrrole nitrogens is 1. The Balaban J connectivity index is 1.48. The Labute approximate surface area is 163 Å². The quantitative estimate of drug-likeness (QED) is 0.628. The van der Waals surface area contributed by atoms with Crippen molar-refractivity contribution in [3.63, 3.8) is 0 Å². The summed E-state index contributed by atoms with van der Waals surface area (Å²) < 4.78 is 12.9. The van der Waals surface area contributed by atoms with Crippen LogP contribution in [0.5, 0.6) is 0 Å². The summed E-state index contributed by atoms with van der Waals surface area (Å²) in [6.45, 7) is 2.79. The summed E-state index contributed by atoms with van der Waals surface area (Å²) in [6.07, 6.45) is 2.92. The van der Waals surface area contributed by atoms with E-state index in [2.05, 4.69) is 16.4 Å².